The van der Waals surface area contributed by atoms with Gasteiger partial charge in [-0.05, 0) is 11.8 Å². The molecule has 0 bridgehead atoms. The average molecular weight is 213 g/mol. The van der Waals surface area contributed by atoms with Gasteiger partial charge in [0.05, 0.1) is 24.8 Å². The Labute approximate surface area is 88.6 Å². The highest BCUT2D eigenvalue weighted by Gasteiger charge is 2.08. The van der Waals surface area contributed by atoms with Gasteiger partial charge in [-0.3, -0.25) is 0 Å². The molecule has 1 rings (SSSR count). The summed E-state index contributed by atoms with van der Waals surface area (Å²) < 4.78 is 10.4. The molecular weight excluding hydrogens is 198 g/mol. The Balaban J connectivity index is 3.11. The molecule has 1 aromatic carbocycles. The fraction of sp³-hybridized carbons (Fsp3) is 0.400. The molecule has 0 radical (unpaired) electrons. The van der Waals surface area contributed by atoms with Crippen molar-refractivity contribution in [1.82, 2.24) is 0 Å². The number of nitrogens with two attached hydrogens (primary N) is 1. The first kappa shape index (κ1) is 11.0. The summed E-state index contributed by atoms with van der Waals surface area (Å²) >= 11 is 1.70. The summed E-state index contributed by atoms with van der Waals surface area (Å²) in [6.45, 7) is 2.09. The van der Waals surface area contributed by atoms with Crippen LogP contribution in [0.4, 0.5) is 5.69 Å². The molecule has 3 nitrogen and oxygen atoms in total. The summed E-state index contributed by atoms with van der Waals surface area (Å²) in [5, 5.41) is 0. The smallest absolute Gasteiger partial charge is 0.143 e. The lowest BCUT2D eigenvalue weighted by atomic mass is 10.3. The minimum absolute atomic E-state index is 0.602. The van der Waals surface area contributed by atoms with Gasteiger partial charge in [0.25, 0.3) is 0 Å². The zero-order valence-electron chi connectivity index (χ0n) is 8.66. The molecular formula is C10H15NO2S. The Morgan fingerprint density at radius 3 is 2.36 bits per heavy atom. The lowest BCUT2D eigenvalue weighted by Gasteiger charge is -2.11. The molecule has 1 aromatic rings. The van der Waals surface area contributed by atoms with Gasteiger partial charge in [-0.25, -0.2) is 0 Å². The maximum Gasteiger partial charge on any atom is 0.143 e. The number of benzene rings is 1. The second kappa shape index (κ2) is 5.00. The molecule has 0 saturated carbocycles. The Kier molecular flexibility index (Phi) is 3.95. The molecule has 0 heterocycles. The highest BCUT2D eigenvalue weighted by molar-refractivity contribution is 7.99. The Morgan fingerprint density at radius 2 is 1.86 bits per heavy atom. The van der Waals surface area contributed by atoms with Crippen molar-refractivity contribution in [3.05, 3.63) is 12.1 Å². The number of hydrogen-bond donors (Lipinski definition) is 1. The largest absolute Gasteiger partial charge is 0.496 e. The van der Waals surface area contributed by atoms with Gasteiger partial charge in [0.1, 0.15) is 11.5 Å². The molecule has 0 aliphatic rings. The first-order chi connectivity index (χ1) is 6.72. The van der Waals surface area contributed by atoms with Crippen LogP contribution in [0.15, 0.2) is 17.0 Å². The maximum absolute atomic E-state index is 5.76. The monoisotopic (exact) mass is 213 g/mol. The standard InChI is InChI=1S/C10H15NO2S/c1-4-14-10-6-8(12-2)7(11)5-9(10)13-3/h5-6H,4,11H2,1-3H3. The first-order valence-electron chi connectivity index (χ1n) is 4.37. The minimum Gasteiger partial charge on any atom is -0.496 e. The molecule has 0 aromatic heterocycles. The topological polar surface area (TPSA) is 44.5 Å². The van der Waals surface area contributed by atoms with Crippen LogP contribution in [0.2, 0.25) is 0 Å². The van der Waals surface area contributed by atoms with Crippen molar-refractivity contribution < 1.29 is 9.47 Å². The minimum atomic E-state index is 0.602. The van der Waals surface area contributed by atoms with Crippen molar-refractivity contribution in [2.45, 2.75) is 11.8 Å². The Morgan fingerprint density at radius 1 is 1.21 bits per heavy atom. The number of anilines is 1. The number of nitrogen functional groups attached to an aromatic ring is 1. The average Bonchev–Trinajstić information content (AvgIpc) is 2.20. The van der Waals surface area contributed by atoms with Gasteiger partial charge >= 0.3 is 0 Å². The summed E-state index contributed by atoms with van der Waals surface area (Å²) in [7, 11) is 3.25. The number of hydrogen-bond acceptors (Lipinski definition) is 4. The molecule has 0 amide bonds. The van der Waals surface area contributed by atoms with Crippen molar-refractivity contribution in [3.63, 3.8) is 0 Å². The fourth-order valence-corrected chi connectivity index (χ4v) is 1.95. The zero-order valence-corrected chi connectivity index (χ0v) is 9.48. The van der Waals surface area contributed by atoms with Crippen LogP contribution in [0, 0.1) is 0 Å². The van der Waals surface area contributed by atoms with Crippen LogP contribution in [-0.4, -0.2) is 20.0 Å². The van der Waals surface area contributed by atoms with E-state index in [4.69, 9.17) is 15.2 Å². The van der Waals surface area contributed by atoms with E-state index >= 15 is 0 Å². The van der Waals surface area contributed by atoms with Gasteiger partial charge < -0.3 is 15.2 Å². The van der Waals surface area contributed by atoms with Gasteiger partial charge in [0, 0.05) is 6.07 Å². The molecule has 0 atom stereocenters. The van der Waals surface area contributed by atoms with Crippen LogP contribution < -0.4 is 15.2 Å². The van der Waals surface area contributed by atoms with E-state index in [-0.39, 0.29) is 0 Å². The SMILES string of the molecule is CCSc1cc(OC)c(N)cc1OC. The predicted molar refractivity (Wildman–Crippen MR) is 60.4 cm³/mol. The van der Waals surface area contributed by atoms with E-state index in [9.17, 15) is 0 Å². The Hall–Kier alpha value is -1.03. The normalized spacial score (nSPS) is 9.93. The van der Waals surface area contributed by atoms with Gasteiger partial charge in [-0.2, -0.15) is 0 Å². The first-order valence-corrected chi connectivity index (χ1v) is 5.35. The van der Waals surface area contributed by atoms with E-state index in [1.54, 1.807) is 32.0 Å². The van der Waals surface area contributed by atoms with Crippen LogP contribution in [0.3, 0.4) is 0 Å². The number of ether oxygens (including phenoxy) is 2. The molecule has 0 fully saturated rings. The quantitative estimate of drug-likeness (QED) is 0.616. The third-order valence-electron chi connectivity index (χ3n) is 1.82. The predicted octanol–water partition coefficient (Wildman–Crippen LogP) is 2.40. The van der Waals surface area contributed by atoms with E-state index in [1.807, 2.05) is 6.07 Å². The molecule has 0 spiro atoms. The van der Waals surface area contributed by atoms with Gasteiger partial charge in [0.15, 0.2) is 0 Å². The number of rotatable bonds is 4. The molecule has 0 unspecified atom stereocenters. The van der Waals surface area contributed by atoms with Crippen LogP contribution in [-0.2, 0) is 0 Å². The van der Waals surface area contributed by atoms with Crippen molar-refractivity contribution in [2.75, 3.05) is 25.7 Å². The van der Waals surface area contributed by atoms with Crippen LogP contribution in [0.5, 0.6) is 11.5 Å². The van der Waals surface area contributed by atoms with Gasteiger partial charge in [-0.1, -0.05) is 6.92 Å². The molecule has 2 N–H and O–H groups in total. The molecule has 0 aliphatic carbocycles. The maximum atomic E-state index is 5.76. The second-order valence-corrected chi connectivity index (χ2v) is 3.98. The number of methoxy groups -OCH3 is 2. The van der Waals surface area contributed by atoms with Crippen molar-refractivity contribution >= 4 is 17.4 Å². The summed E-state index contributed by atoms with van der Waals surface area (Å²) in [4.78, 5) is 1.06. The zero-order chi connectivity index (χ0) is 10.6. The van der Waals surface area contributed by atoms with Crippen LogP contribution in [0.25, 0.3) is 0 Å². The van der Waals surface area contributed by atoms with Gasteiger partial charge in [-0.15, -0.1) is 11.8 Å². The summed E-state index contributed by atoms with van der Waals surface area (Å²) in [6, 6.07) is 3.69. The van der Waals surface area contributed by atoms with Crippen molar-refractivity contribution in [1.29, 1.82) is 0 Å². The van der Waals surface area contributed by atoms with Crippen molar-refractivity contribution in [3.8, 4) is 11.5 Å². The van der Waals surface area contributed by atoms with Crippen molar-refractivity contribution in [2.24, 2.45) is 0 Å². The third-order valence-corrected chi connectivity index (χ3v) is 2.73. The summed E-state index contributed by atoms with van der Waals surface area (Å²) in [6.07, 6.45) is 0. The van der Waals surface area contributed by atoms with E-state index < -0.39 is 0 Å². The Bertz CT molecular complexity index is 315. The third kappa shape index (κ3) is 2.26. The molecule has 78 valence electrons. The van der Waals surface area contributed by atoms with Crippen LogP contribution >= 0.6 is 11.8 Å². The highest BCUT2D eigenvalue weighted by atomic mass is 32.2. The molecule has 0 saturated heterocycles. The molecule has 4 heteroatoms. The summed E-state index contributed by atoms with van der Waals surface area (Å²) in [5.74, 6) is 2.49. The molecule has 0 aliphatic heterocycles. The summed E-state index contributed by atoms with van der Waals surface area (Å²) in [5.41, 5.74) is 6.36. The van der Waals surface area contributed by atoms with E-state index in [0.29, 0.717) is 11.4 Å². The highest BCUT2D eigenvalue weighted by Crippen LogP contribution is 2.36. The molecule has 14 heavy (non-hydrogen) atoms. The lowest BCUT2D eigenvalue weighted by Crippen LogP contribution is -1.95. The second-order valence-electron chi connectivity index (χ2n) is 2.68. The van der Waals surface area contributed by atoms with E-state index in [2.05, 4.69) is 6.92 Å². The van der Waals surface area contributed by atoms with Gasteiger partial charge in [0.2, 0.25) is 0 Å². The lowest BCUT2D eigenvalue weighted by molar-refractivity contribution is 0.396. The van der Waals surface area contributed by atoms with E-state index in [0.717, 1.165) is 16.4 Å². The number of thioether (sulfide) groups is 1. The fourth-order valence-electron chi connectivity index (χ4n) is 1.16. The van der Waals surface area contributed by atoms with E-state index in [1.165, 1.54) is 0 Å². The van der Waals surface area contributed by atoms with Crippen LogP contribution in [0.1, 0.15) is 6.92 Å².